The number of aromatic hydroxyl groups is 8. The minimum absolute atomic E-state index is 0.00164. The molecular weight excluding hydrogens is 2190 g/mol. The first-order valence-corrected chi connectivity index (χ1v) is 47.9. The van der Waals surface area contributed by atoms with Crippen molar-refractivity contribution in [3.05, 3.63) is 355 Å². The van der Waals surface area contributed by atoms with Crippen LogP contribution < -0.4 is 11.5 Å². The summed E-state index contributed by atoms with van der Waals surface area (Å²) in [6.07, 6.45) is 4.83. The number of carbonyl (C=O) groups excluding carboxylic acids is 8. The van der Waals surface area contributed by atoms with Crippen molar-refractivity contribution in [3.63, 3.8) is 0 Å². The van der Waals surface area contributed by atoms with E-state index in [-0.39, 0.29) is 160 Å². The first-order valence-electron chi connectivity index (χ1n) is 42.5. The molecule has 0 fully saturated rings. The number of fused-ring (bicyclic) bond motifs is 4. The normalized spacial score (nSPS) is 11.1. The first kappa shape index (κ1) is 99.0. The van der Waals surface area contributed by atoms with Gasteiger partial charge in [0.25, 0.3) is 0 Å². The van der Waals surface area contributed by atoms with Crippen molar-refractivity contribution in [1.29, 1.82) is 0 Å². The number of carbonyl (C=O) groups is 8. The van der Waals surface area contributed by atoms with Crippen LogP contribution in [0.1, 0.15) is 172 Å². The molecule has 0 aliphatic rings. The summed E-state index contributed by atoms with van der Waals surface area (Å²) in [5.41, 5.74) is 21.5. The van der Waals surface area contributed by atoms with Crippen molar-refractivity contribution in [3.8, 4) is 46.0 Å². The number of phenolic OH excluding ortho intramolecular Hbond substituents is 8. The number of furan rings is 4. The van der Waals surface area contributed by atoms with E-state index >= 15 is 0 Å². The number of nitrogen functional groups attached to an aromatic ring is 2. The lowest BCUT2D eigenvalue weighted by atomic mass is 9.96. The van der Waals surface area contributed by atoms with E-state index in [0.29, 0.717) is 173 Å². The summed E-state index contributed by atoms with van der Waals surface area (Å²) >= 11 is 17.0. The molecule has 0 bridgehead atoms. The predicted molar refractivity (Wildman–Crippen MR) is 545 cm³/mol. The van der Waals surface area contributed by atoms with Gasteiger partial charge in [0, 0.05) is 143 Å². The van der Waals surface area contributed by atoms with Crippen molar-refractivity contribution >= 4 is 210 Å². The van der Waals surface area contributed by atoms with Crippen molar-refractivity contribution in [1.82, 2.24) is 0 Å². The smallest absolute Gasteiger partial charge is 0.197 e. The van der Waals surface area contributed by atoms with Crippen LogP contribution in [0.5, 0.6) is 46.0 Å². The molecule has 16 aromatic rings. The van der Waals surface area contributed by atoms with Gasteiger partial charge in [-0.05, 0) is 241 Å². The van der Waals surface area contributed by atoms with E-state index in [2.05, 4.69) is 63.7 Å². The van der Waals surface area contributed by atoms with Crippen LogP contribution in [0.15, 0.2) is 254 Å². The van der Waals surface area contributed by atoms with Crippen LogP contribution in [0.4, 0.5) is 11.4 Å². The Hall–Kier alpha value is -12.5. The summed E-state index contributed by atoms with van der Waals surface area (Å²) in [5, 5.41) is 84.5. The second-order valence-corrected chi connectivity index (χ2v) is 37.7. The molecule has 0 saturated heterocycles. The van der Waals surface area contributed by atoms with Crippen LogP contribution >= 0.6 is 109 Å². The molecule has 684 valence electrons. The van der Waals surface area contributed by atoms with Crippen LogP contribution in [0, 0.1) is 7.14 Å². The molecule has 0 radical (unpaired) electrons. The summed E-state index contributed by atoms with van der Waals surface area (Å²) in [7, 11) is 0. The zero-order valence-corrected chi connectivity index (χ0v) is 83.2. The second-order valence-electron chi connectivity index (χ2n) is 31.9. The molecule has 134 heavy (non-hydrogen) atoms. The number of ketones is 8. The summed E-state index contributed by atoms with van der Waals surface area (Å²) in [6, 6.07) is 62.4. The van der Waals surface area contributed by atoms with Gasteiger partial charge in [-0.25, -0.2) is 0 Å². The predicted octanol–water partition coefficient (Wildman–Crippen LogP) is 24.2. The third kappa shape index (κ3) is 23.1. The molecule has 12 N–H and O–H groups in total. The number of phenols is 8. The van der Waals surface area contributed by atoms with Gasteiger partial charge in [-0.3, -0.25) is 38.4 Å². The van der Waals surface area contributed by atoms with Gasteiger partial charge in [-0.2, -0.15) is 0 Å². The van der Waals surface area contributed by atoms with E-state index in [9.17, 15) is 79.2 Å². The molecule has 0 spiro atoms. The fourth-order valence-corrected chi connectivity index (χ4v) is 19.8. The number of aryl methyl sites for hydroxylation is 4. The zero-order chi connectivity index (χ0) is 96.2. The standard InChI is InChI=1S/C27H22Br2O5.C27H22I2O5.C26H20Br2O5.C26H24N2O5/c2*1-2-6-23-25(26(32)17-11-20(28)27(33)21(29)12-17)19-14-22(31)16(13-24(19)34-23)10-18(30)9-15-7-4-3-5-8-15;2*1-2-22-24(25(31)16-10-19(27)26(32)20(28)11-16)18-13-21(30)15(12-23(18)33-22)9-17(29)8-14-6-4-3-5-7-14/h2*3-5,7-8,11-14,31,33H,2,6,9-10H2,1H3;3-7,10-13,30,32H,2,8-9H2,1H3;3-7,10-13,30,32H,2,8-9,27-28H2,1H3. The molecule has 28 heteroatoms. The molecule has 0 amide bonds. The molecule has 4 heterocycles. The van der Waals surface area contributed by atoms with Gasteiger partial charge < -0.3 is 70.0 Å². The highest BCUT2D eigenvalue weighted by Gasteiger charge is 2.31. The van der Waals surface area contributed by atoms with Crippen molar-refractivity contribution in [2.75, 3.05) is 11.5 Å². The number of anilines is 2. The second kappa shape index (κ2) is 44.1. The van der Waals surface area contributed by atoms with Crippen LogP contribution in [0.25, 0.3) is 43.9 Å². The van der Waals surface area contributed by atoms with Gasteiger partial charge in [-0.1, -0.05) is 149 Å². The van der Waals surface area contributed by atoms with E-state index in [0.717, 1.165) is 35.1 Å². The Morgan fingerprint density at radius 1 is 0.291 bits per heavy atom. The zero-order valence-electron chi connectivity index (χ0n) is 72.6. The van der Waals surface area contributed by atoms with E-state index in [1.165, 1.54) is 48.5 Å². The Morgan fingerprint density at radius 3 is 0.769 bits per heavy atom. The van der Waals surface area contributed by atoms with Gasteiger partial charge in [0.2, 0.25) is 0 Å². The monoisotopic (exact) mass is 2280 g/mol. The third-order valence-corrected chi connectivity index (χ3v) is 26.2. The van der Waals surface area contributed by atoms with Crippen molar-refractivity contribution < 1.29 is 96.9 Å². The van der Waals surface area contributed by atoms with Gasteiger partial charge in [-0.15, -0.1) is 0 Å². The Morgan fingerprint density at radius 2 is 0.522 bits per heavy atom. The van der Waals surface area contributed by atoms with E-state index in [1.54, 1.807) is 48.5 Å². The lowest BCUT2D eigenvalue weighted by Gasteiger charge is -2.08. The molecule has 16 rings (SSSR count). The Kier molecular flexibility index (Phi) is 32.6. The molecule has 0 saturated carbocycles. The highest BCUT2D eigenvalue weighted by atomic mass is 127. The van der Waals surface area contributed by atoms with Crippen LogP contribution in [0.3, 0.4) is 0 Å². The Labute approximate surface area is 830 Å². The van der Waals surface area contributed by atoms with E-state index in [4.69, 9.17) is 29.1 Å². The van der Waals surface area contributed by atoms with Gasteiger partial charge in [0.1, 0.15) is 109 Å². The minimum Gasteiger partial charge on any atom is -0.508 e. The Bertz CT molecular complexity index is 6730. The lowest BCUT2D eigenvalue weighted by molar-refractivity contribution is -0.118. The van der Waals surface area contributed by atoms with Crippen LogP contribution in [-0.2, 0) is 96.2 Å². The number of Topliss-reactive ketones (excluding diaryl/α,β-unsaturated/α-hetero) is 4. The van der Waals surface area contributed by atoms with Crippen molar-refractivity contribution in [2.24, 2.45) is 0 Å². The van der Waals surface area contributed by atoms with Gasteiger partial charge in [0.05, 0.1) is 58.7 Å². The topological polar surface area (TPSA) is 403 Å². The number of nitrogens with two attached hydrogens (primary N) is 2. The molecule has 0 aliphatic carbocycles. The summed E-state index contributed by atoms with van der Waals surface area (Å²) < 4.78 is 26.7. The number of hydrogen-bond donors (Lipinski definition) is 10. The Balaban J connectivity index is 0.000000152. The maximum Gasteiger partial charge on any atom is 0.197 e. The van der Waals surface area contributed by atoms with Crippen LogP contribution in [0.2, 0.25) is 0 Å². The molecule has 4 aromatic heterocycles. The SMILES string of the molecule is CCCc1oc2cc(CC(=O)Cc3ccccc3)c(O)cc2c1C(=O)c1cc(Br)c(O)c(Br)c1.CCCc1oc2cc(CC(=O)Cc3ccccc3)c(O)cc2c1C(=O)c1cc(I)c(O)c(I)c1.CCc1oc2cc(CC(=O)Cc3ccccc3)c(O)cc2c1C(=O)c1cc(Br)c(O)c(Br)c1.CCc1oc2cc(CC(=O)Cc3ccccc3)c(O)cc2c1C(=O)c1cc(N)c(O)c(N)c1. The molecule has 0 aliphatic heterocycles. The average molecular weight is 2280 g/mol. The summed E-state index contributed by atoms with van der Waals surface area (Å²) in [5.74, 6) is 0.288. The maximum absolute atomic E-state index is 13.5. The highest BCUT2D eigenvalue weighted by Crippen LogP contribution is 2.44. The summed E-state index contributed by atoms with van der Waals surface area (Å²) in [4.78, 5) is 104. The largest absolute Gasteiger partial charge is 0.508 e. The molecule has 22 nitrogen and oxygen atoms in total. The number of rotatable bonds is 30. The molecule has 0 atom stereocenters. The fraction of sp³-hybridized carbons (Fsp3) is 0.170. The van der Waals surface area contributed by atoms with Crippen LogP contribution in [-0.4, -0.2) is 87.1 Å². The van der Waals surface area contributed by atoms with Gasteiger partial charge >= 0.3 is 0 Å². The maximum atomic E-state index is 13.5. The van der Waals surface area contributed by atoms with Gasteiger partial charge in [0.15, 0.2) is 28.9 Å². The molecule has 0 unspecified atom stereocenters. The summed E-state index contributed by atoms with van der Waals surface area (Å²) in [6.45, 7) is 7.71. The quantitative estimate of drug-likeness (QED) is 0.00865. The molecule has 12 aromatic carbocycles. The highest BCUT2D eigenvalue weighted by molar-refractivity contribution is 14.1. The molecular formula is C106H88Br4I2N2O20. The van der Waals surface area contributed by atoms with E-state index < -0.39 is 5.78 Å². The number of hydrogen-bond acceptors (Lipinski definition) is 22. The van der Waals surface area contributed by atoms with Crippen molar-refractivity contribution in [2.45, 2.75) is 118 Å². The number of benzene rings is 12. The number of halogens is 6. The fourth-order valence-electron chi connectivity index (χ4n) is 15.6. The average Bonchev–Trinajstić information content (AvgIpc) is 1.62. The first-order chi connectivity index (χ1) is 64.1. The third-order valence-electron chi connectivity index (χ3n) is 22.1. The lowest BCUT2D eigenvalue weighted by Crippen LogP contribution is -2.07. The van der Waals surface area contributed by atoms with E-state index in [1.807, 2.05) is 194 Å². The minimum atomic E-state index is -0.392.